The van der Waals surface area contributed by atoms with Crippen LogP contribution in [-0.4, -0.2) is 126 Å². The van der Waals surface area contributed by atoms with E-state index in [9.17, 15) is 38.4 Å². The molecule has 0 aromatic heterocycles. The molecule has 2 heterocycles. The first kappa shape index (κ1) is 54.6. The quantitative estimate of drug-likeness (QED) is 0.0646. The molecule has 2 saturated heterocycles. The highest BCUT2D eigenvalue weighted by Crippen LogP contribution is 2.45. The van der Waals surface area contributed by atoms with Gasteiger partial charge in [0, 0.05) is 79.6 Å². The minimum Gasteiger partial charge on any atom is -0.483 e. The molecular weight excluding hydrogens is 1030 g/mol. The molecule has 0 spiro atoms. The SMILES string of the molecule is CC(C)(C)OC(=O)CNC(=O)COc1cc(C(=O)N2C[C@@H](C(=O)N[C@H]3C[C@@H]3c3ccccc3)[C@H](C(=O)N[C@H]3C[C@@H]3c3ccccc3)C2)ccc1C(=O)N1C[C@@H](C(=O)N[C@H]2C[C@@H]2c2ccccc2)[C@H](C(=O)N[C@H]2C[C@@H]2c2ccccc2)C1. The van der Waals surface area contributed by atoms with Crippen molar-refractivity contribution in [2.75, 3.05) is 39.3 Å². The maximum Gasteiger partial charge on any atom is 0.325 e. The zero-order chi connectivity index (χ0) is 56.5. The lowest BCUT2D eigenvalue weighted by atomic mass is 9.94. The number of ether oxygens (including phenoxy) is 2. The lowest BCUT2D eigenvalue weighted by Gasteiger charge is -2.21. The number of hydrogen-bond donors (Lipinski definition) is 5. The number of rotatable bonds is 19. The predicted octanol–water partition coefficient (Wildman–Crippen LogP) is 5.59. The Labute approximate surface area is 471 Å². The first-order chi connectivity index (χ1) is 39.0. The van der Waals surface area contributed by atoms with Crippen molar-refractivity contribution in [1.29, 1.82) is 0 Å². The Morgan fingerprint density at radius 1 is 0.469 bits per heavy atom. The van der Waals surface area contributed by atoms with E-state index < -0.39 is 66.1 Å². The van der Waals surface area contributed by atoms with Crippen LogP contribution in [0.5, 0.6) is 5.75 Å². The molecule has 6 fully saturated rings. The summed E-state index contributed by atoms with van der Waals surface area (Å²) in [5.41, 5.74) is 3.64. The number of esters is 1. The molecule has 5 aromatic carbocycles. The Morgan fingerprint density at radius 2 is 0.815 bits per heavy atom. The van der Waals surface area contributed by atoms with E-state index in [1.165, 1.54) is 28.0 Å². The fourth-order valence-corrected chi connectivity index (χ4v) is 11.9. The van der Waals surface area contributed by atoms with Gasteiger partial charge in [-0.2, -0.15) is 0 Å². The van der Waals surface area contributed by atoms with Gasteiger partial charge < -0.3 is 45.9 Å². The predicted molar refractivity (Wildman–Crippen MR) is 299 cm³/mol. The van der Waals surface area contributed by atoms with E-state index >= 15 is 0 Å². The van der Waals surface area contributed by atoms with Gasteiger partial charge in [0.05, 0.1) is 29.2 Å². The number of hydrogen-bond acceptors (Lipinski definition) is 10. The first-order valence-electron chi connectivity index (χ1n) is 28.3. The van der Waals surface area contributed by atoms with E-state index in [0.717, 1.165) is 47.9 Å². The van der Waals surface area contributed by atoms with Crippen molar-refractivity contribution < 1.29 is 47.8 Å². The van der Waals surface area contributed by atoms with Crippen LogP contribution in [0, 0.1) is 23.7 Å². The van der Waals surface area contributed by atoms with Crippen molar-refractivity contribution in [3.05, 3.63) is 173 Å². The topological polar surface area (TPSA) is 222 Å². The number of benzene rings is 5. The van der Waals surface area contributed by atoms with Gasteiger partial charge in [0.25, 0.3) is 17.7 Å². The Bertz CT molecular complexity index is 3040. The summed E-state index contributed by atoms with van der Waals surface area (Å²) in [5.74, 6) is -7.03. The molecule has 7 amide bonds. The van der Waals surface area contributed by atoms with Crippen LogP contribution in [-0.2, 0) is 33.5 Å². The van der Waals surface area contributed by atoms with Crippen molar-refractivity contribution in [3.8, 4) is 5.75 Å². The van der Waals surface area contributed by atoms with Gasteiger partial charge in [-0.25, -0.2) is 0 Å². The van der Waals surface area contributed by atoms with E-state index in [1.54, 1.807) is 20.8 Å². The van der Waals surface area contributed by atoms with Crippen molar-refractivity contribution >= 4 is 47.3 Å². The van der Waals surface area contributed by atoms with Gasteiger partial charge in [-0.05, 0) is 86.9 Å². The average Bonchev–Trinajstić information content (AvgIpc) is 4.60. The molecule has 0 bridgehead atoms. The van der Waals surface area contributed by atoms with Gasteiger partial charge in [-0.1, -0.05) is 121 Å². The third kappa shape index (κ3) is 13.0. The minimum absolute atomic E-state index is 0.0462. The molecule has 17 heteroatoms. The monoisotopic (exact) mass is 1100 g/mol. The molecule has 12 atom stereocenters. The van der Waals surface area contributed by atoms with Crippen molar-refractivity contribution in [2.24, 2.45) is 23.7 Å². The highest BCUT2D eigenvalue weighted by Gasteiger charge is 2.51. The highest BCUT2D eigenvalue weighted by molar-refractivity contribution is 6.02. The third-order valence-corrected chi connectivity index (χ3v) is 16.6. The van der Waals surface area contributed by atoms with Crippen molar-refractivity contribution in [2.45, 2.75) is 99.9 Å². The fraction of sp³-hybridized carbons (Fsp3) is 0.406. The summed E-state index contributed by atoms with van der Waals surface area (Å²) in [4.78, 5) is 116. The molecule has 4 saturated carbocycles. The largest absolute Gasteiger partial charge is 0.483 e. The summed E-state index contributed by atoms with van der Waals surface area (Å²) in [6, 6.07) is 43.3. The lowest BCUT2D eigenvalue weighted by Crippen LogP contribution is -2.43. The molecule has 2 aliphatic heterocycles. The molecule has 420 valence electrons. The summed E-state index contributed by atoms with van der Waals surface area (Å²) in [7, 11) is 0. The number of carbonyl (C=O) groups excluding carboxylic acids is 8. The average molecular weight is 1100 g/mol. The van der Waals surface area contributed by atoms with Crippen LogP contribution in [0.25, 0.3) is 0 Å². The van der Waals surface area contributed by atoms with E-state index in [-0.39, 0.29) is 115 Å². The Balaban J connectivity index is 0.830. The van der Waals surface area contributed by atoms with E-state index in [1.807, 2.05) is 121 Å². The smallest absolute Gasteiger partial charge is 0.325 e. The maximum atomic E-state index is 15.0. The summed E-state index contributed by atoms with van der Waals surface area (Å²) in [6.07, 6.45) is 2.98. The molecule has 6 aliphatic rings. The minimum atomic E-state index is -0.900. The number of carbonyl (C=O) groups is 8. The number of nitrogens with one attached hydrogen (secondary N) is 5. The lowest BCUT2D eigenvalue weighted by molar-refractivity contribution is -0.154. The molecule has 5 aromatic rings. The van der Waals surface area contributed by atoms with E-state index in [0.29, 0.717) is 0 Å². The van der Waals surface area contributed by atoms with Gasteiger partial charge >= 0.3 is 5.97 Å². The molecule has 5 N–H and O–H groups in total. The summed E-state index contributed by atoms with van der Waals surface area (Å²) < 4.78 is 11.4. The standard InChI is InChI=1S/C64H69N7O10/c1-64(2,3)81-57(73)31-65-56(72)36-80-55-26-41(62(78)70-32-47(58(74)66-51-27-43(51)37-16-8-4-9-17-37)48(33-70)59(75)67-52-28-44(52)38-18-10-5-11-19-38)24-25-42(55)63(79)71-34-49(60(76)68-53-29-45(53)39-20-12-6-13-21-39)50(35-71)61(77)69-54-30-46(54)40-22-14-7-15-23-40/h4-26,43-54H,27-36H2,1-3H3,(H,65,72)(H,66,74)(H,67,75)(H,68,76)(H,69,77)/t43-,44-,45-,46-,47-,48-,49-,50-,51+,52+,53+,54+/m1/s1. The van der Waals surface area contributed by atoms with Crippen molar-refractivity contribution in [3.63, 3.8) is 0 Å². The molecule has 0 unspecified atom stereocenters. The highest BCUT2D eigenvalue weighted by atomic mass is 16.6. The van der Waals surface area contributed by atoms with Gasteiger partial charge in [-0.15, -0.1) is 0 Å². The Morgan fingerprint density at radius 3 is 1.16 bits per heavy atom. The Kier molecular flexibility index (Phi) is 15.5. The number of likely N-dealkylation sites (tertiary alicyclic amines) is 2. The Hall–Kier alpha value is -8.34. The molecule has 81 heavy (non-hydrogen) atoms. The number of amides is 7. The zero-order valence-electron chi connectivity index (χ0n) is 45.8. The van der Waals surface area contributed by atoms with Gasteiger partial charge in [-0.3, -0.25) is 38.4 Å². The second kappa shape index (κ2) is 23.0. The molecule has 11 rings (SSSR count). The maximum absolute atomic E-state index is 15.0. The number of nitrogens with zero attached hydrogens (tertiary/aromatic N) is 2. The van der Waals surface area contributed by atoms with Crippen LogP contribution < -0.4 is 31.3 Å². The fourth-order valence-electron chi connectivity index (χ4n) is 11.9. The van der Waals surface area contributed by atoms with Gasteiger partial charge in [0.15, 0.2) is 6.61 Å². The summed E-state index contributed by atoms with van der Waals surface area (Å²) >= 11 is 0. The summed E-state index contributed by atoms with van der Waals surface area (Å²) in [6.45, 7) is 3.64. The van der Waals surface area contributed by atoms with Crippen LogP contribution in [0.15, 0.2) is 140 Å². The molecule has 17 nitrogen and oxygen atoms in total. The zero-order valence-corrected chi connectivity index (χ0v) is 45.8. The van der Waals surface area contributed by atoms with Gasteiger partial charge in [0.2, 0.25) is 23.6 Å². The van der Waals surface area contributed by atoms with Crippen molar-refractivity contribution in [1.82, 2.24) is 36.4 Å². The third-order valence-electron chi connectivity index (χ3n) is 16.6. The normalized spacial score (nSPS) is 26.8. The second-order valence-electron chi connectivity index (χ2n) is 23.7. The molecule has 4 aliphatic carbocycles. The van der Waals surface area contributed by atoms with Crippen LogP contribution in [0.1, 0.15) is 113 Å². The van der Waals surface area contributed by atoms with Crippen LogP contribution >= 0.6 is 0 Å². The molecule has 0 radical (unpaired) electrons. The summed E-state index contributed by atoms with van der Waals surface area (Å²) in [5, 5.41) is 15.2. The van der Waals surface area contributed by atoms with E-state index in [2.05, 4.69) is 26.6 Å². The van der Waals surface area contributed by atoms with Crippen LogP contribution in [0.4, 0.5) is 0 Å². The first-order valence-corrected chi connectivity index (χ1v) is 28.3. The van der Waals surface area contributed by atoms with Crippen LogP contribution in [0.2, 0.25) is 0 Å². The van der Waals surface area contributed by atoms with Gasteiger partial charge in [0.1, 0.15) is 17.9 Å². The second-order valence-corrected chi connectivity index (χ2v) is 23.7. The molecular formula is C64H69N7O10. The van der Waals surface area contributed by atoms with E-state index in [4.69, 9.17) is 9.47 Å². The van der Waals surface area contributed by atoms with Crippen LogP contribution in [0.3, 0.4) is 0 Å².